The lowest BCUT2D eigenvalue weighted by atomic mass is 10.3. The Morgan fingerprint density at radius 3 is 2.29 bits per heavy atom. The number of anilines is 1. The average Bonchev–Trinajstić information content (AvgIpc) is 2.19. The highest BCUT2D eigenvalue weighted by Crippen LogP contribution is 2.18. The van der Waals surface area contributed by atoms with Crippen LogP contribution in [0.5, 0.6) is 0 Å². The van der Waals surface area contributed by atoms with Crippen molar-refractivity contribution in [1.29, 1.82) is 0 Å². The molecule has 0 spiro atoms. The first-order valence-corrected chi connectivity index (χ1v) is 6.45. The molecule has 0 heterocycles. The summed E-state index contributed by atoms with van der Waals surface area (Å²) in [6.45, 7) is 1.66. The number of benzene rings is 1. The third-order valence-corrected chi connectivity index (χ3v) is 3.80. The molecule has 0 aliphatic heterocycles. The van der Waals surface area contributed by atoms with E-state index in [0.29, 0.717) is 0 Å². The van der Waals surface area contributed by atoms with Crippen LogP contribution in [0.2, 0.25) is 0 Å². The van der Waals surface area contributed by atoms with Gasteiger partial charge in [0.25, 0.3) is 0 Å². The zero-order valence-corrected chi connectivity index (χ0v) is 9.95. The van der Waals surface area contributed by atoms with Crippen molar-refractivity contribution in [1.82, 2.24) is 0 Å². The van der Waals surface area contributed by atoms with Crippen molar-refractivity contribution in [3.63, 3.8) is 0 Å². The van der Waals surface area contributed by atoms with Crippen LogP contribution in [0.3, 0.4) is 0 Å². The fraction of sp³-hybridized carbons (Fsp3) is 0.300. The predicted molar refractivity (Wildman–Crippen MR) is 60.8 cm³/mol. The third-order valence-electron chi connectivity index (χ3n) is 2.04. The Labute approximate surface area is 98.5 Å². The summed E-state index contributed by atoms with van der Waals surface area (Å²) in [5.74, 6) is -2.90. The largest absolute Gasteiger partial charge is 0.480 e. The van der Waals surface area contributed by atoms with Crippen molar-refractivity contribution in [3.8, 4) is 0 Å². The predicted octanol–water partition coefficient (Wildman–Crippen LogP) is 1.07. The Hall–Kier alpha value is -1.63. The summed E-state index contributed by atoms with van der Waals surface area (Å²) < 4.78 is 37.0. The number of hydrogen-bond donors (Lipinski definition) is 1. The molecule has 0 fully saturated rings. The molecule has 1 aromatic carbocycles. The zero-order chi connectivity index (χ0) is 13.1. The number of carbonyl (C=O) groups is 1. The van der Waals surface area contributed by atoms with Crippen molar-refractivity contribution in [2.24, 2.45) is 0 Å². The minimum Gasteiger partial charge on any atom is -0.480 e. The fourth-order valence-corrected chi connectivity index (χ4v) is 2.69. The highest BCUT2D eigenvalue weighted by molar-refractivity contribution is 7.93. The molecule has 0 aliphatic rings. The van der Waals surface area contributed by atoms with E-state index in [1.54, 1.807) is 6.92 Å². The first-order chi connectivity index (χ1) is 7.86. The normalized spacial score (nSPS) is 11.2. The van der Waals surface area contributed by atoms with E-state index in [1.165, 1.54) is 12.1 Å². The van der Waals surface area contributed by atoms with Crippen LogP contribution in [-0.2, 0) is 14.8 Å². The lowest BCUT2D eigenvalue weighted by molar-refractivity contribution is -0.134. The monoisotopic (exact) mass is 261 g/mol. The Morgan fingerprint density at radius 2 is 1.88 bits per heavy atom. The van der Waals surface area contributed by atoms with Crippen LogP contribution >= 0.6 is 0 Å². The lowest BCUT2D eigenvalue weighted by Crippen LogP contribution is -2.35. The van der Waals surface area contributed by atoms with Crippen molar-refractivity contribution in [2.45, 2.75) is 6.92 Å². The first kappa shape index (κ1) is 13.4. The summed E-state index contributed by atoms with van der Waals surface area (Å²) >= 11 is 0. The highest BCUT2D eigenvalue weighted by Gasteiger charge is 2.24. The number of rotatable bonds is 5. The van der Waals surface area contributed by atoms with Gasteiger partial charge in [0.1, 0.15) is 5.82 Å². The van der Waals surface area contributed by atoms with E-state index in [-0.39, 0.29) is 12.2 Å². The van der Waals surface area contributed by atoms with Gasteiger partial charge >= 0.3 is 5.97 Å². The van der Waals surface area contributed by atoms with Crippen LogP contribution < -0.4 is 4.31 Å². The number of carboxylic acid groups (broad SMARTS) is 1. The number of nitrogens with zero attached hydrogens (tertiary/aromatic N) is 1. The standard InChI is InChI=1S/C10H12FNO4S/c1-2-12(17(15,16)7-10(13)14)9-5-3-8(11)4-6-9/h3-6H,2,7H2,1H3,(H,13,14). The van der Waals surface area contributed by atoms with Crippen molar-refractivity contribution < 1.29 is 22.7 Å². The molecule has 94 valence electrons. The lowest BCUT2D eigenvalue weighted by Gasteiger charge is -2.21. The van der Waals surface area contributed by atoms with Crippen LogP contribution in [0.1, 0.15) is 6.92 Å². The highest BCUT2D eigenvalue weighted by atomic mass is 32.2. The molecule has 0 radical (unpaired) electrons. The quantitative estimate of drug-likeness (QED) is 0.860. The van der Waals surface area contributed by atoms with Gasteiger partial charge in [-0.3, -0.25) is 9.10 Å². The van der Waals surface area contributed by atoms with Gasteiger partial charge in [-0.25, -0.2) is 12.8 Å². The number of sulfonamides is 1. The summed E-state index contributed by atoms with van der Waals surface area (Å²) in [6.07, 6.45) is 0. The van der Waals surface area contributed by atoms with Gasteiger partial charge in [0.05, 0.1) is 5.69 Å². The molecule has 0 amide bonds. The van der Waals surface area contributed by atoms with Crippen LogP contribution in [0.15, 0.2) is 24.3 Å². The first-order valence-electron chi connectivity index (χ1n) is 4.84. The number of aliphatic carboxylic acids is 1. The van der Waals surface area contributed by atoms with Crippen LogP contribution in [0.25, 0.3) is 0 Å². The minimum atomic E-state index is -3.93. The number of carboxylic acids is 1. The molecular weight excluding hydrogens is 249 g/mol. The van der Waals surface area contributed by atoms with E-state index in [0.717, 1.165) is 16.4 Å². The second kappa shape index (κ2) is 5.13. The van der Waals surface area contributed by atoms with E-state index in [9.17, 15) is 17.6 Å². The molecule has 7 heteroatoms. The molecule has 0 atom stereocenters. The Morgan fingerprint density at radius 1 is 1.35 bits per heavy atom. The number of halogens is 1. The van der Waals surface area contributed by atoms with Crippen molar-refractivity contribution in [2.75, 3.05) is 16.6 Å². The summed E-state index contributed by atoms with van der Waals surface area (Å²) in [7, 11) is -3.93. The van der Waals surface area contributed by atoms with Gasteiger partial charge < -0.3 is 5.11 Å². The topological polar surface area (TPSA) is 74.7 Å². The summed E-state index contributed by atoms with van der Waals surface area (Å²) in [4.78, 5) is 10.5. The second-order valence-electron chi connectivity index (χ2n) is 3.29. The molecule has 5 nitrogen and oxygen atoms in total. The Bertz CT molecular complexity index is 498. The molecule has 0 unspecified atom stereocenters. The van der Waals surface area contributed by atoms with Gasteiger partial charge in [0, 0.05) is 6.54 Å². The second-order valence-corrected chi connectivity index (χ2v) is 5.18. The molecular formula is C10H12FNO4S. The van der Waals surface area contributed by atoms with Crippen molar-refractivity contribution in [3.05, 3.63) is 30.1 Å². The molecule has 0 aromatic heterocycles. The van der Waals surface area contributed by atoms with Gasteiger partial charge in [-0.05, 0) is 31.2 Å². The van der Waals surface area contributed by atoms with Gasteiger partial charge in [0.2, 0.25) is 10.0 Å². The maximum Gasteiger partial charge on any atom is 0.320 e. The zero-order valence-electron chi connectivity index (χ0n) is 9.13. The molecule has 0 aliphatic carbocycles. The van der Waals surface area contributed by atoms with Crippen LogP contribution in [0, 0.1) is 5.82 Å². The molecule has 0 saturated heterocycles. The van der Waals surface area contributed by atoms with E-state index < -0.39 is 27.6 Å². The molecule has 1 aromatic rings. The van der Waals surface area contributed by atoms with Crippen LogP contribution in [-0.4, -0.2) is 31.8 Å². The van der Waals surface area contributed by atoms with E-state index in [4.69, 9.17) is 5.11 Å². The SMILES string of the molecule is CCN(c1ccc(F)cc1)S(=O)(=O)CC(=O)O. The average molecular weight is 261 g/mol. The van der Waals surface area contributed by atoms with E-state index in [1.807, 2.05) is 0 Å². The number of hydrogen-bond acceptors (Lipinski definition) is 3. The molecule has 1 rings (SSSR count). The molecule has 17 heavy (non-hydrogen) atoms. The Balaban J connectivity index is 3.07. The maximum atomic E-state index is 12.7. The van der Waals surface area contributed by atoms with Crippen molar-refractivity contribution >= 4 is 21.7 Å². The van der Waals surface area contributed by atoms with Crippen LogP contribution in [0.4, 0.5) is 10.1 Å². The Kier molecular flexibility index (Phi) is 4.06. The molecule has 1 N–H and O–H groups in total. The van der Waals surface area contributed by atoms with Gasteiger partial charge in [-0.1, -0.05) is 0 Å². The van der Waals surface area contributed by atoms with Gasteiger partial charge in [0.15, 0.2) is 5.75 Å². The fourth-order valence-electron chi connectivity index (χ4n) is 1.38. The van der Waals surface area contributed by atoms with E-state index >= 15 is 0 Å². The maximum absolute atomic E-state index is 12.7. The van der Waals surface area contributed by atoms with E-state index in [2.05, 4.69) is 0 Å². The summed E-state index contributed by atoms with van der Waals surface area (Å²) in [6, 6.07) is 4.82. The summed E-state index contributed by atoms with van der Waals surface area (Å²) in [5, 5.41) is 8.52. The third kappa shape index (κ3) is 3.42. The molecule has 0 saturated carbocycles. The van der Waals surface area contributed by atoms with Gasteiger partial charge in [-0.15, -0.1) is 0 Å². The molecule has 0 bridgehead atoms. The van der Waals surface area contributed by atoms with Gasteiger partial charge in [-0.2, -0.15) is 0 Å². The smallest absolute Gasteiger partial charge is 0.320 e. The summed E-state index contributed by atoms with van der Waals surface area (Å²) in [5.41, 5.74) is 0.246. The minimum absolute atomic E-state index is 0.0846.